The highest BCUT2D eigenvalue weighted by Crippen LogP contribution is 2.23. The van der Waals surface area contributed by atoms with Gasteiger partial charge in [0.25, 0.3) is 0 Å². The third-order valence-corrected chi connectivity index (χ3v) is 2.78. The van der Waals surface area contributed by atoms with Crippen LogP contribution in [0.4, 0.5) is 0 Å². The SMILES string of the molecule is CCn1nc(-c2nccs2)cc1Cl. The summed E-state index contributed by atoms with van der Waals surface area (Å²) in [5.74, 6) is 0. The van der Waals surface area contributed by atoms with Crippen LogP contribution >= 0.6 is 22.9 Å². The normalized spacial score (nSPS) is 10.6. The molecule has 0 saturated carbocycles. The van der Waals surface area contributed by atoms with Crippen molar-refractivity contribution in [1.29, 1.82) is 0 Å². The van der Waals surface area contributed by atoms with Gasteiger partial charge in [0.2, 0.25) is 0 Å². The highest BCUT2D eigenvalue weighted by atomic mass is 35.5. The summed E-state index contributed by atoms with van der Waals surface area (Å²) in [6, 6.07) is 1.84. The summed E-state index contributed by atoms with van der Waals surface area (Å²) < 4.78 is 1.75. The summed E-state index contributed by atoms with van der Waals surface area (Å²) in [5, 5.41) is 7.80. The Morgan fingerprint density at radius 2 is 2.46 bits per heavy atom. The fourth-order valence-electron chi connectivity index (χ4n) is 1.07. The summed E-state index contributed by atoms with van der Waals surface area (Å²) >= 11 is 7.50. The molecule has 68 valence electrons. The average molecular weight is 214 g/mol. The van der Waals surface area contributed by atoms with Crippen LogP contribution in [0, 0.1) is 0 Å². The van der Waals surface area contributed by atoms with E-state index >= 15 is 0 Å². The van der Waals surface area contributed by atoms with Gasteiger partial charge in [0, 0.05) is 24.2 Å². The first-order chi connectivity index (χ1) is 6.31. The van der Waals surface area contributed by atoms with Crippen molar-refractivity contribution in [2.45, 2.75) is 13.5 Å². The average Bonchev–Trinajstić information content (AvgIpc) is 2.71. The first-order valence-corrected chi connectivity index (χ1v) is 5.20. The molecular formula is C8H8ClN3S. The Balaban J connectivity index is 2.43. The Kier molecular flexibility index (Phi) is 2.33. The lowest BCUT2D eigenvalue weighted by atomic mass is 10.5. The van der Waals surface area contributed by atoms with Gasteiger partial charge in [0.05, 0.1) is 0 Å². The topological polar surface area (TPSA) is 30.7 Å². The summed E-state index contributed by atoms with van der Waals surface area (Å²) in [5.41, 5.74) is 0.849. The number of aromatic nitrogens is 3. The summed E-state index contributed by atoms with van der Waals surface area (Å²) in [6.45, 7) is 2.79. The van der Waals surface area contributed by atoms with Crippen molar-refractivity contribution in [3.05, 3.63) is 22.8 Å². The highest BCUT2D eigenvalue weighted by molar-refractivity contribution is 7.13. The van der Waals surface area contributed by atoms with Gasteiger partial charge in [-0.25, -0.2) is 4.98 Å². The van der Waals surface area contributed by atoms with Crippen molar-refractivity contribution >= 4 is 22.9 Å². The minimum Gasteiger partial charge on any atom is -0.254 e. The second kappa shape index (κ2) is 3.47. The first-order valence-electron chi connectivity index (χ1n) is 3.94. The minimum atomic E-state index is 0.660. The van der Waals surface area contributed by atoms with Gasteiger partial charge in [-0.15, -0.1) is 11.3 Å². The predicted octanol–water partition coefficient (Wildman–Crippen LogP) is 2.68. The molecule has 0 aromatic carbocycles. The van der Waals surface area contributed by atoms with E-state index in [4.69, 9.17) is 11.6 Å². The van der Waals surface area contributed by atoms with Crippen LogP contribution < -0.4 is 0 Å². The maximum Gasteiger partial charge on any atom is 0.143 e. The Hall–Kier alpha value is -0.870. The van der Waals surface area contributed by atoms with Crippen LogP contribution in [0.2, 0.25) is 5.15 Å². The van der Waals surface area contributed by atoms with Crippen LogP contribution in [-0.4, -0.2) is 14.8 Å². The molecule has 0 bridgehead atoms. The minimum absolute atomic E-state index is 0.660. The third kappa shape index (κ3) is 1.59. The molecule has 5 heteroatoms. The number of hydrogen-bond acceptors (Lipinski definition) is 3. The number of thiazole rings is 1. The van der Waals surface area contributed by atoms with E-state index in [0.29, 0.717) is 5.15 Å². The molecule has 2 heterocycles. The number of rotatable bonds is 2. The van der Waals surface area contributed by atoms with Crippen molar-refractivity contribution in [3.8, 4) is 10.7 Å². The molecular weight excluding hydrogens is 206 g/mol. The second-order valence-corrected chi connectivity index (χ2v) is 3.79. The molecule has 0 saturated heterocycles. The zero-order chi connectivity index (χ0) is 9.26. The van der Waals surface area contributed by atoms with Gasteiger partial charge in [-0.3, -0.25) is 4.68 Å². The Morgan fingerprint density at radius 3 is 3.00 bits per heavy atom. The molecule has 0 fully saturated rings. The smallest absolute Gasteiger partial charge is 0.143 e. The third-order valence-electron chi connectivity index (χ3n) is 1.68. The standard InChI is InChI=1S/C8H8ClN3S/c1-2-12-7(9)5-6(11-12)8-10-3-4-13-8/h3-5H,2H2,1H3. The summed E-state index contributed by atoms with van der Waals surface area (Å²) in [6.07, 6.45) is 1.76. The highest BCUT2D eigenvalue weighted by Gasteiger charge is 2.07. The van der Waals surface area contributed by atoms with Gasteiger partial charge in [-0.2, -0.15) is 5.10 Å². The van der Waals surface area contributed by atoms with Crippen molar-refractivity contribution in [2.24, 2.45) is 0 Å². The predicted molar refractivity (Wildman–Crippen MR) is 54.0 cm³/mol. The van der Waals surface area contributed by atoms with Gasteiger partial charge >= 0.3 is 0 Å². The van der Waals surface area contributed by atoms with E-state index in [-0.39, 0.29) is 0 Å². The molecule has 2 aromatic heterocycles. The lowest BCUT2D eigenvalue weighted by molar-refractivity contribution is 0.663. The van der Waals surface area contributed by atoms with E-state index < -0.39 is 0 Å². The molecule has 0 amide bonds. The molecule has 0 N–H and O–H groups in total. The molecule has 0 radical (unpaired) electrons. The maximum absolute atomic E-state index is 5.94. The van der Waals surface area contributed by atoms with Crippen molar-refractivity contribution in [1.82, 2.24) is 14.8 Å². The first kappa shape index (κ1) is 8.72. The number of nitrogens with zero attached hydrogens (tertiary/aromatic N) is 3. The van der Waals surface area contributed by atoms with Crippen LogP contribution in [0.3, 0.4) is 0 Å². The fraction of sp³-hybridized carbons (Fsp3) is 0.250. The van der Waals surface area contributed by atoms with E-state index in [2.05, 4.69) is 10.1 Å². The zero-order valence-electron chi connectivity index (χ0n) is 7.07. The van der Waals surface area contributed by atoms with Gasteiger partial charge in [0.15, 0.2) is 0 Å². The van der Waals surface area contributed by atoms with Crippen LogP contribution in [0.1, 0.15) is 6.92 Å². The van der Waals surface area contributed by atoms with Crippen molar-refractivity contribution < 1.29 is 0 Å². The summed E-state index contributed by atoms with van der Waals surface area (Å²) in [4.78, 5) is 4.16. The van der Waals surface area contributed by atoms with Crippen molar-refractivity contribution in [3.63, 3.8) is 0 Å². The number of halogens is 1. The van der Waals surface area contributed by atoms with E-state index in [1.54, 1.807) is 22.2 Å². The van der Waals surface area contributed by atoms with Crippen LogP contribution in [-0.2, 0) is 6.54 Å². The zero-order valence-corrected chi connectivity index (χ0v) is 8.64. The molecule has 0 aliphatic carbocycles. The van der Waals surface area contributed by atoms with Gasteiger partial charge in [-0.1, -0.05) is 11.6 Å². The molecule has 2 rings (SSSR count). The Morgan fingerprint density at radius 1 is 1.62 bits per heavy atom. The summed E-state index contributed by atoms with van der Waals surface area (Å²) in [7, 11) is 0. The molecule has 3 nitrogen and oxygen atoms in total. The molecule has 0 atom stereocenters. The molecule has 0 aliphatic rings. The van der Waals surface area contributed by atoms with E-state index in [0.717, 1.165) is 17.2 Å². The lowest BCUT2D eigenvalue weighted by Gasteiger charge is -1.93. The van der Waals surface area contributed by atoms with Crippen LogP contribution in [0.25, 0.3) is 10.7 Å². The number of aryl methyl sites for hydroxylation is 1. The Bertz CT molecular complexity index is 393. The second-order valence-electron chi connectivity index (χ2n) is 2.51. The van der Waals surface area contributed by atoms with E-state index in [1.807, 2.05) is 18.4 Å². The molecule has 13 heavy (non-hydrogen) atoms. The van der Waals surface area contributed by atoms with E-state index in [1.165, 1.54) is 0 Å². The fourth-order valence-corrected chi connectivity index (χ4v) is 1.92. The lowest BCUT2D eigenvalue weighted by Crippen LogP contribution is -1.95. The molecule has 0 spiro atoms. The molecule has 2 aromatic rings. The Labute approximate surface area is 85.0 Å². The largest absolute Gasteiger partial charge is 0.254 e. The van der Waals surface area contributed by atoms with E-state index in [9.17, 15) is 0 Å². The number of hydrogen-bond donors (Lipinski definition) is 0. The van der Waals surface area contributed by atoms with Crippen LogP contribution in [0.5, 0.6) is 0 Å². The monoisotopic (exact) mass is 213 g/mol. The molecule has 0 aliphatic heterocycles. The van der Waals surface area contributed by atoms with Gasteiger partial charge < -0.3 is 0 Å². The molecule has 0 unspecified atom stereocenters. The van der Waals surface area contributed by atoms with Crippen LogP contribution in [0.15, 0.2) is 17.6 Å². The quantitative estimate of drug-likeness (QED) is 0.768. The maximum atomic E-state index is 5.94. The van der Waals surface area contributed by atoms with Gasteiger partial charge in [0.1, 0.15) is 15.9 Å². The van der Waals surface area contributed by atoms with Gasteiger partial charge in [-0.05, 0) is 6.92 Å². The van der Waals surface area contributed by atoms with Crippen molar-refractivity contribution in [2.75, 3.05) is 0 Å².